The third-order valence-corrected chi connectivity index (χ3v) is 5.41. The average Bonchev–Trinajstić information content (AvgIpc) is 3.23. The number of benzene rings is 1. The molecule has 1 aromatic carbocycles. The van der Waals surface area contributed by atoms with Crippen LogP contribution in [-0.4, -0.2) is 61.1 Å². The number of carbonyl (C=O) groups excluding carboxylic acids is 2. The minimum Gasteiger partial charge on any atom is -0.497 e. The standard InChI is InChI=1S/C19H22N2O4/c1-20(2)17(22)15-14-7-8-19(25-14)11-21(18(23)16(15)19)10-12-5-4-6-13(9-12)24-3/h4-9,14-16H,10-11H2,1-3H3/t14-,15+,16-,19-/m0/s1. The van der Waals surface area contributed by atoms with Gasteiger partial charge in [0.05, 0.1) is 31.6 Å². The summed E-state index contributed by atoms with van der Waals surface area (Å²) in [7, 11) is 5.06. The normalized spacial score (nSPS) is 32.2. The minimum absolute atomic E-state index is 0.00475. The first-order valence-corrected chi connectivity index (χ1v) is 8.45. The quantitative estimate of drug-likeness (QED) is 0.768. The van der Waals surface area contributed by atoms with Crippen LogP contribution in [-0.2, 0) is 20.9 Å². The highest BCUT2D eigenvalue weighted by molar-refractivity contribution is 5.92. The Balaban J connectivity index is 1.60. The van der Waals surface area contributed by atoms with Crippen LogP contribution in [0.1, 0.15) is 5.56 Å². The molecule has 0 radical (unpaired) electrons. The number of rotatable bonds is 4. The number of nitrogens with zero attached hydrogens (tertiary/aromatic N) is 2. The van der Waals surface area contributed by atoms with Crippen LogP contribution in [0.3, 0.4) is 0 Å². The average molecular weight is 342 g/mol. The molecule has 0 N–H and O–H groups in total. The first-order valence-electron chi connectivity index (χ1n) is 8.45. The Hall–Kier alpha value is -2.34. The van der Waals surface area contributed by atoms with Gasteiger partial charge >= 0.3 is 0 Å². The molecule has 0 aromatic heterocycles. The highest BCUT2D eigenvalue weighted by atomic mass is 16.5. The lowest BCUT2D eigenvalue weighted by molar-refractivity contribution is -0.141. The van der Waals surface area contributed by atoms with Gasteiger partial charge in [0.25, 0.3) is 0 Å². The number of amides is 2. The number of fused-ring (bicyclic) bond motifs is 1. The second-order valence-corrected chi connectivity index (χ2v) is 7.18. The van der Waals surface area contributed by atoms with Gasteiger partial charge in [0.1, 0.15) is 11.4 Å². The zero-order chi connectivity index (χ0) is 17.8. The molecule has 6 heteroatoms. The van der Waals surface area contributed by atoms with E-state index in [1.54, 1.807) is 31.0 Å². The summed E-state index contributed by atoms with van der Waals surface area (Å²) in [4.78, 5) is 29.0. The van der Waals surface area contributed by atoms with Gasteiger partial charge in [-0.3, -0.25) is 9.59 Å². The van der Waals surface area contributed by atoms with Crippen molar-refractivity contribution in [3.05, 3.63) is 42.0 Å². The van der Waals surface area contributed by atoms with Gasteiger partial charge in [-0.05, 0) is 17.7 Å². The molecule has 2 bridgehead atoms. The van der Waals surface area contributed by atoms with E-state index in [4.69, 9.17) is 9.47 Å². The molecule has 3 aliphatic heterocycles. The fraction of sp³-hybridized carbons (Fsp3) is 0.474. The van der Waals surface area contributed by atoms with Crippen molar-refractivity contribution in [1.82, 2.24) is 9.80 Å². The summed E-state index contributed by atoms with van der Waals surface area (Å²) in [5.41, 5.74) is 0.342. The lowest BCUT2D eigenvalue weighted by atomic mass is 9.76. The van der Waals surface area contributed by atoms with Crippen molar-refractivity contribution in [1.29, 1.82) is 0 Å². The maximum absolute atomic E-state index is 13.1. The van der Waals surface area contributed by atoms with Crippen LogP contribution in [0.25, 0.3) is 0 Å². The van der Waals surface area contributed by atoms with Crippen LogP contribution >= 0.6 is 0 Å². The van der Waals surface area contributed by atoms with Crippen LogP contribution in [0.15, 0.2) is 36.4 Å². The molecule has 2 amide bonds. The van der Waals surface area contributed by atoms with E-state index in [0.29, 0.717) is 13.1 Å². The van der Waals surface area contributed by atoms with E-state index >= 15 is 0 Å². The summed E-state index contributed by atoms with van der Waals surface area (Å²) in [5.74, 6) is -0.140. The molecular weight excluding hydrogens is 320 g/mol. The maximum atomic E-state index is 13.1. The summed E-state index contributed by atoms with van der Waals surface area (Å²) >= 11 is 0. The molecule has 0 aliphatic carbocycles. The summed E-state index contributed by atoms with van der Waals surface area (Å²) in [6.07, 6.45) is 3.62. The Morgan fingerprint density at radius 3 is 2.96 bits per heavy atom. The molecule has 132 valence electrons. The number of hydrogen-bond acceptors (Lipinski definition) is 4. The molecular formula is C19H22N2O4. The molecule has 0 unspecified atom stereocenters. The van der Waals surface area contributed by atoms with Crippen LogP contribution in [0.5, 0.6) is 5.75 Å². The topological polar surface area (TPSA) is 59.1 Å². The van der Waals surface area contributed by atoms with Crippen molar-refractivity contribution >= 4 is 11.8 Å². The van der Waals surface area contributed by atoms with Gasteiger partial charge in [-0.25, -0.2) is 0 Å². The van der Waals surface area contributed by atoms with Crippen molar-refractivity contribution in [2.75, 3.05) is 27.7 Å². The minimum atomic E-state index is -0.656. The number of hydrogen-bond donors (Lipinski definition) is 0. The predicted molar refractivity (Wildman–Crippen MR) is 90.8 cm³/mol. The summed E-state index contributed by atoms with van der Waals surface area (Å²) in [5, 5.41) is 0. The second-order valence-electron chi connectivity index (χ2n) is 7.18. The van der Waals surface area contributed by atoms with Gasteiger partial charge in [-0.1, -0.05) is 24.3 Å². The lowest BCUT2D eigenvalue weighted by Gasteiger charge is -2.25. The molecule has 3 heterocycles. The van der Waals surface area contributed by atoms with E-state index in [9.17, 15) is 9.59 Å². The summed E-state index contributed by atoms with van der Waals surface area (Å²) in [6, 6.07) is 7.68. The Bertz CT molecular complexity index is 760. The van der Waals surface area contributed by atoms with Gasteiger partial charge in [-0.15, -0.1) is 0 Å². The van der Waals surface area contributed by atoms with Gasteiger partial charge in [0.15, 0.2) is 0 Å². The fourth-order valence-corrected chi connectivity index (χ4v) is 4.28. The van der Waals surface area contributed by atoms with Crippen LogP contribution in [0, 0.1) is 11.8 Å². The molecule has 4 rings (SSSR count). The second kappa shape index (κ2) is 5.59. The van der Waals surface area contributed by atoms with E-state index in [1.807, 2.05) is 36.4 Å². The van der Waals surface area contributed by atoms with Crippen molar-refractivity contribution in [3.63, 3.8) is 0 Å². The largest absolute Gasteiger partial charge is 0.497 e. The van der Waals surface area contributed by atoms with Crippen molar-refractivity contribution in [3.8, 4) is 5.75 Å². The van der Waals surface area contributed by atoms with Gasteiger partial charge in [0.2, 0.25) is 11.8 Å². The van der Waals surface area contributed by atoms with Crippen molar-refractivity contribution in [2.45, 2.75) is 18.2 Å². The van der Waals surface area contributed by atoms with Gasteiger partial charge in [-0.2, -0.15) is 0 Å². The van der Waals surface area contributed by atoms with Crippen molar-refractivity contribution < 1.29 is 19.1 Å². The van der Waals surface area contributed by atoms with E-state index < -0.39 is 17.4 Å². The van der Waals surface area contributed by atoms with E-state index in [2.05, 4.69) is 0 Å². The third-order valence-electron chi connectivity index (χ3n) is 5.41. The third kappa shape index (κ3) is 2.35. The number of likely N-dealkylation sites (tertiary alicyclic amines) is 1. The zero-order valence-electron chi connectivity index (χ0n) is 14.6. The molecule has 0 saturated carbocycles. The monoisotopic (exact) mass is 342 g/mol. The SMILES string of the molecule is COc1cccc(CN2C[C@]34C=C[C@H](O3)[C@@H](C(=O)N(C)C)[C@H]4C2=O)c1. The number of carbonyl (C=O) groups is 2. The number of ether oxygens (including phenoxy) is 2. The Labute approximate surface area is 147 Å². The lowest BCUT2D eigenvalue weighted by Crippen LogP contribution is -2.43. The highest BCUT2D eigenvalue weighted by Gasteiger charge is 2.66. The zero-order valence-corrected chi connectivity index (χ0v) is 14.6. The first-order chi connectivity index (χ1) is 11.9. The van der Waals surface area contributed by atoms with E-state index in [-0.39, 0.29) is 17.9 Å². The fourth-order valence-electron chi connectivity index (χ4n) is 4.28. The molecule has 1 spiro atoms. The summed E-state index contributed by atoms with van der Waals surface area (Å²) < 4.78 is 11.4. The smallest absolute Gasteiger partial charge is 0.230 e. The Kier molecular flexibility index (Phi) is 3.61. The van der Waals surface area contributed by atoms with Crippen LogP contribution < -0.4 is 4.74 Å². The molecule has 2 saturated heterocycles. The Morgan fingerprint density at radius 2 is 2.24 bits per heavy atom. The van der Waals surface area contributed by atoms with Crippen molar-refractivity contribution in [2.24, 2.45) is 11.8 Å². The van der Waals surface area contributed by atoms with Gasteiger partial charge in [0, 0.05) is 20.6 Å². The van der Waals surface area contributed by atoms with E-state index in [1.165, 1.54) is 0 Å². The van der Waals surface area contributed by atoms with Crippen LogP contribution in [0.2, 0.25) is 0 Å². The first kappa shape index (κ1) is 16.1. The van der Waals surface area contributed by atoms with Crippen LogP contribution in [0.4, 0.5) is 0 Å². The summed E-state index contributed by atoms with van der Waals surface area (Å²) in [6.45, 7) is 0.969. The Morgan fingerprint density at radius 1 is 1.44 bits per heavy atom. The molecule has 1 aromatic rings. The molecule has 25 heavy (non-hydrogen) atoms. The molecule has 2 fully saturated rings. The molecule has 6 nitrogen and oxygen atoms in total. The van der Waals surface area contributed by atoms with Gasteiger partial charge < -0.3 is 19.3 Å². The van der Waals surface area contributed by atoms with E-state index in [0.717, 1.165) is 11.3 Å². The highest BCUT2D eigenvalue weighted by Crippen LogP contribution is 2.52. The molecule has 3 aliphatic rings. The predicted octanol–water partition coefficient (Wildman–Crippen LogP) is 1.07. The number of methoxy groups -OCH3 is 1. The maximum Gasteiger partial charge on any atom is 0.230 e. The molecule has 4 atom stereocenters.